The standard InChI is InChI=1S/C38H59N3O10/c1-4-5-6-9-12-15-30(41-51-25-23-39)16-13-10-7-8-11-14-17-32(38(49,37(47)48)27-34(42)43)35(44)40-33(36(45)46)26-29-18-20-31(21-19-29)50-24-22-28(2)3/h14,17-22,32-33,49H,4-13,15-16,23-27,39H2,1-3H3,(H,40,44)(H,42,43)(H,45,46)(H,47,48)/t32-,33+,38+/m1/s1. The monoisotopic (exact) mass is 717 g/mol. The maximum absolute atomic E-state index is 13.4. The van der Waals surface area contributed by atoms with Crippen molar-refractivity contribution in [1.29, 1.82) is 0 Å². The summed E-state index contributed by atoms with van der Waals surface area (Å²) >= 11 is 0. The van der Waals surface area contributed by atoms with Gasteiger partial charge in [-0.25, -0.2) is 9.59 Å². The molecule has 0 bridgehead atoms. The third-order valence-corrected chi connectivity index (χ3v) is 8.19. The molecule has 13 heteroatoms. The Kier molecular flexibility index (Phi) is 22.6. The minimum absolute atomic E-state index is 0.152. The van der Waals surface area contributed by atoms with E-state index in [9.17, 15) is 39.6 Å². The highest BCUT2D eigenvalue weighted by Gasteiger charge is 2.49. The maximum Gasteiger partial charge on any atom is 0.337 e. The number of ether oxygens (including phenoxy) is 1. The molecule has 1 rings (SSSR count). The molecule has 0 radical (unpaired) electrons. The van der Waals surface area contributed by atoms with E-state index in [0.717, 1.165) is 62.3 Å². The topological polar surface area (TPSA) is 218 Å². The molecule has 51 heavy (non-hydrogen) atoms. The van der Waals surface area contributed by atoms with Crippen LogP contribution in [0.5, 0.6) is 5.75 Å². The molecule has 1 aromatic carbocycles. The van der Waals surface area contributed by atoms with Crippen LogP contribution in [0.4, 0.5) is 0 Å². The highest BCUT2D eigenvalue weighted by atomic mass is 16.6. The summed E-state index contributed by atoms with van der Waals surface area (Å²) in [5.41, 5.74) is 5.15. The van der Waals surface area contributed by atoms with Gasteiger partial charge in [0.1, 0.15) is 25.0 Å². The first-order valence-corrected chi connectivity index (χ1v) is 17.9. The Labute approximate surface area is 302 Å². The largest absolute Gasteiger partial charge is 0.490 e. The van der Waals surface area contributed by atoms with Gasteiger partial charge in [0.15, 0.2) is 5.60 Å². The summed E-state index contributed by atoms with van der Waals surface area (Å²) in [7, 11) is 0. The van der Waals surface area contributed by atoms with Crippen molar-refractivity contribution >= 4 is 29.5 Å². The molecule has 0 aliphatic rings. The number of benzene rings is 1. The summed E-state index contributed by atoms with van der Waals surface area (Å²) < 4.78 is 5.62. The molecule has 3 atom stereocenters. The number of nitrogens with two attached hydrogens (primary N) is 1. The predicted octanol–water partition coefficient (Wildman–Crippen LogP) is 5.64. The van der Waals surface area contributed by atoms with Crippen LogP contribution < -0.4 is 15.8 Å². The zero-order valence-electron chi connectivity index (χ0n) is 30.5. The van der Waals surface area contributed by atoms with E-state index in [4.69, 9.17) is 15.3 Å². The fourth-order valence-electron chi connectivity index (χ4n) is 5.25. The van der Waals surface area contributed by atoms with E-state index in [2.05, 4.69) is 17.4 Å². The summed E-state index contributed by atoms with van der Waals surface area (Å²) in [6.07, 6.45) is 14.4. The molecule has 0 unspecified atom stereocenters. The lowest BCUT2D eigenvalue weighted by Crippen LogP contribution is -2.55. The third kappa shape index (κ3) is 19.1. The van der Waals surface area contributed by atoms with Gasteiger partial charge in [-0.15, -0.1) is 0 Å². The Morgan fingerprint density at radius 1 is 0.941 bits per heavy atom. The molecule has 0 saturated carbocycles. The van der Waals surface area contributed by atoms with Crippen molar-refractivity contribution in [3.8, 4) is 5.75 Å². The van der Waals surface area contributed by atoms with Gasteiger partial charge < -0.3 is 41.1 Å². The van der Waals surface area contributed by atoms with E-state index >= 15 is 0 Å². The van der Waals surface area contributed by atoms with E-state index in [1.807, 2.05) is 19.9 Å². The second-order valence-electron chi connectivity index (χ2n) is 12.9. The van der Waals surface area contributed by atoms with Crippen LogP contribution in [0.2, 0.25) is 0 Å². The van der Waals surface area contributed by atoms with Crippen molar-refractivity contribution < 1.29 is 49.2 Å². The number of carbonyl (C=O) groups excluding carboxylic acids is 1. The molecular weight excluding hydrogens is 658 g/mol. The number of unbranched alkanes of at least 4 members (excludes halogenated alkanes) is 8. The average Bonchev–Trinajstić information content (AvgIpc) is 3.06. The van der Waals surface area contributed by atoms with Crippen molar-refractivity contribution in [2.45, 2.75) is 122 Å². The highest BCUT2D eigenvalue weighted by molar-refractivity contribution is 5.94. The number of hydrogen-bond acceptors (Lipinski definition) is 9. The molecule has 0 heterocycles. The van der Waals surface area contributed by atoms with Gasteiger partial charge in [-0.05, 0) is 76.1 Å². The van der Waals surface area contributed by atoms with E-state index in [-0.39, 0.29) is 6.42 Å². The SMILES string of the molecule is CCCCCCCC(CCCCCCC=C[C@H](C(=O)N[C@@H](Cc1ccc(OCC=C(C)C)cc1)C(=O)O)[C@@](O)(CC(=O)O)C(=O)O)=NOCCN. The smallest absolute Gasteiger partial charge is 0.337 e. The number of nitrogens with zero attached hydrogens (tertiary/aromatic N) is 1. The van der Waals surface area contributed by atoms with Crippen LogP contribution in [0, 0.1) is 5.92 Å². The summed E-state index contributed by atoms with van der Waals surface area (Å²) in [6, 6.07) is 5.13. The molecule has 0 saturated heterocycles. The van der Waals surface area contributed by atoms with Crippen LogP contribution in [-0.2, 0) is 30.4 Å². The van der Waals surface area contributed by atoms with Crippen LogP contribution in [0.25, 0.3) is 0 Å². The molecule has 1 aromatic rings. The Balaban J connectivity index is 2.89. The van der Waals surface area contributed by atoms with Crippen LogP contribution in [0.15, 0.2) is 53.2 Å². The normalized spacial score (nSPS) is 13.9. The first-order chi connectivity index (χ1) is 24.3. The molecule has 0 spiro atoms. The van der Waals surface area contributed by atoms with Crippen LogP contribution >= 0.6 is 0 Å². The number of amides is 1. The number of oxime groups is 1. The lowest BCUT2D eigenvalue weighted by molar-refractivity contribution is -0.172. The molecule has 0 aliphatic carbocycles. The number of hydrogen-bond donors (Lipinski definition) is 6. The number of nitrogens with one attached hydrogen (secondary N) is 1. The molecule has 0 aromatic heterocycles. The summed E-state index contributed by atoms with van der Waals surface area (Å²) in [5, 5.41) is 46.6. The third-order valence-electron chi connectivity index (χ3n) is 8.19. The number of carboxylic acids is 3. The number of aliphatic carboxylic acids is 3. The van der Waals surface area contributed by atoms with Crippen molar-refractivity contribution in [1.82, 2.24) is 5.32 Å². The van der Waals surface area contributed by atoms with Gasteiger partial charge in [-0.2, -0.15) is 0 Å². The maximum atomic E-state index is 13.4. The van der Waals surface area contributed by atoms with E-state index in [0.29, 0.717) is 43.9 Å². The number of carboxylic acid groups (broad SMARTS) is 3. The van der Waals surface area contributed by atoms with Crippen LogP contribution in [0.3, 0.4) is 0 Å². The van der Waals surface area contributed by atoms with Crippen molar-refractivity contribution in [3.63, 3.8) is 0 Å². The van der Waals surface area contributed by atoms with Gasteiger partial charge in [0, 0.05) is 13.0 Å². The quantitative estimate of drug-likeness (QED) is 0.0258. The molecule has 13 nitrogen and oxygen atoms in total. The van der Waals surface area contributed by atoms with Crippen molar-refractivity contribution in [3.05, 3.63) is 53.6 Å². The minimum Gasteiger partial charge on any atom is -0.490 e. The van der Waals surface area contributed by atoms with Crippen LogP contribution in [0.1, 0.15) is 110 Å². The summed E-state index contributed by atoms with van der Waals surface area (Å²) in [5.74, 6) is -7.36. The van der Waals surface area contributed by atoms with Gasteiger partial charge in [0.05, 0.1) is 18.1 Å². The number of rotatable bonds is 29. The highest BCUT2D eigenvalue weighted by Crippen LogP contribution is 2.26. The zero-order chi connectivity index (χ0) is 38.1. The zero-order valence-corrected chi connectivity index (χ0v) is 30.5. The Bertz CT molecular complexity index is 1290. The summed E-state index contributed by atoms with van der Waals surface area (Å²) in [6.45, 7) is 7.20. The van der Waals surface area contributed by atoms with Gasteiger partial charge in [0.2, 0.25) is 5.91 Å². The van der Waals surface area contributed by atoms with E-state index in [1.165, 1.54) is 25.3 Å². The Morgan fingerprint density at radius 2 is 1.57 bits per heavy atom. The first kappa shape index (κ1) is 44.8. The van der Waals surface area contributed by atoms with Gasteiger partial charge >= 0.3 is 17.9 Å². The molecule has 1 amide bonds. The fraction of sp³-hybridized carbons (Fsp3) is 0.605. The lowest BCUT2D eigenvalue weighted by atomic mass is 9.82. The van der Waals surface area contributed by atoms with Gasteiger partial charge in [0.25, 0.3) is 0 Å². The van der Waals surface area contributed by atoms with E-state index in [1.54, 1.807) is 24.3 Å². The lowest BCUT2D eigenvalue weighted by Gasteiger charge is -2.29. The Morgan fingerprint density at radius 3 is 2.12 bits per heavy atom. The number of aliphatic hydroxyl groups is 1. The fourth-order valence-corrected chi connectivity index (χ4v) is 5.25. The Hall–Kier alpha value is -4.23. The molecule has 286 valence electrons. The minimum atomic E-state index is -3.02. The molecular formula is C38H59N3O10. The van der Waals surface area contributed by atoms with Crippen molar-refractivity contribution in [2.75, 3.05) is 19.8 Å². The first-order valence-electron chi connectivity index (χ1n) is 17.9. The predicted molar refractivity (Wildman–Crippen MR) is 196 cm³/mol. The van der Waals surface area contributed by atoms with Crippen LogP contribution in [-0.4, -0.2) is 81.4 Å². The summed E-state index contributed by atoms with van der Waals surface area (Å²) in [4.78, 5) is 54.5. The van der Waals surface area contributed by atoms with Gasteiger partial charge in [-0.1, -0.05) is 80.5 Å². The molecule has 0 aliphatic heterocycles. The second-order valence-corrected chi connectivity index (χ2v) is 12.9. The van der Waals surface area contributed by atoms with Gasteiger partial charge in [-0.3, -0.25) is 9.59 Å². The molecule has 7 N–H and O–H groups in total. The number of carbonyl (C=O) groups is 4. The second kappa shape index (κ2) is 25.7. The average molecular weight is 718 g/mol. The number of allylic oxidation sites excluding steroid dienone is 2. The molecule has 0 fully saturated rings. The van der Waals surface area contributed by atoms with Crippen molar-refractivity contribution in [2.24, 2.45) is 16.8 Å². The van der Waals surface area contributed by atoms with E-state index < -0.39 is 47.8 Å².